The summed E-state index contributed by atoms with van der Waals surface area (Å²) in [5.41, 5.74) is 2.39. The van der Waals surface area contributed by atoms with Crippen molar-refractivity contribution in [1.82, 2.24) is 24.4 Å². The number of H-pyrrole nitrogens is 1. The van der Waals surface area contributed by atoms with Gasteiger partial charge in [0.15, 0.2) is 5.82 Å². The van der Waals surface area contributed by atoms with Gasteiger partial charge in [-0.2, -0.15) is 0 Å². The second-order valence-corrected chi connectivity index (χ2v) is 5.83. The van der Waals surface area contributed by atoms with Gasteiger partial charge in [0, 0.05) is 20.1 Å². The summed E-state index contributed by atoms with van der Waals surface area (Å²) < 4.78 is 2.08. The van der Waals surface area contributed by atoms with Crippen LogP contribution in [0, 0.1) is 0 Å². The van der Waals surface area contributed by atoms with Crippen molar-refractivity contribution < 1.29 is 4.79 Å². The van der Waals surface area contributed by atoms with Crippen molar-refractivity contribution in [2.45, 2.75) is 26.9 Å². The number of hydrogen-bond acceptors (Lipinski definition) is 4. The highest BCUT2D eigenvalue weighted by Crippen LogP contribution is 2.23. The fraction of sp³-hybridized carbons (Fsp3) is 0.353. The maximum Gasteiger partial charge on any atom is 0.290 e. The molecule has 3 heterocycles. The molecular weight excluding hydrogens is 340 g/mol. The van der Waals surface area contributed by atoms with Gasteiger partial charge < -0.3 is 19.8 Å². The largest absolute Gasteiger partial charge is 0.359 e. The van der Waals surface area contributed by atoms with Gasteiger partial charge in [0.25, 0.3) is 5.91 Å². The number of fused-ring (bicyclic) bond motifs is 2. The summed E-state index contributed by atoms with van der Waals surface area (Å²) in [4.78, 5) is 26.2. The molecule has 0 fully saturated rings. The number of aromatic nitrogens is 4. The third kappa shape index (κ3) is 3.07. The summed E-state index contributed by atoms with van der Waals surface area (Å²) in [6.07, 6.45) is 1.79. The minimum absolute atomic E-state index is 0.129. The summed E-state index contributed by atoms with van der Waals surface area (Å²) in [5, 5.41) is 3.59. The van der Waals surface area contributed by atoms with Gasteiger partial charge in [-0.05, 0) is 12.1 Å². The monoisotopic (exact) mass is 360 g/mol. The predicted octanol–water partition coefficient (Wildman–Crippen LogP) is 3.14. The summed E-state index contributed by atoms with van der Waals surface area (Å²) in [6, 6.07) is 5.45. The van der Waals surface area contributed by atoms with Gasteiger partial charge in [-0.1, -0.05) is 31.5 Å². The molecule has 132 valence electrons. The Morgan fingerprint density at radius 3 is 2.84 bits per heavy atom. The Labute approximate surface area is 151 Å². The summed E-state index contributed by atoms with van der Waals surface area (Å²) >= 11 is 6.12. The van der Waals surface area contributed by atoms with E-state index in [1.165, 1.54) is 0 Å². The van der Waals surface area contributed by atoms with E-state index in [1.54, 1.807) is 17.2 Å². The van der Waals surface area contributed by atoms with Crippen LogP contribution >= 0.6 is 11.6 Å². The second kappa shape index (κ2) is 7.14. The van der Waals surface area contributed by atoms with Gasteiger partial charge >= 0.3 is 0 Å². The third-order valence-electron chi connectivity index (χ3n) is 4.06. The van der Waals surface area contributed by atoms with Crippen molar-refractivity contribution in [3.63, 3.8) is 0 Å². The number of rotatable bonds is 2. The van der Waals surface area contributed by atoms with E-state index in [0.717, 1.165) is 17.2 Å². The molecule has 2 aromatic heterocycles. The van der Waals surface area contributed by atoms with Gasteiger partial charge in [-0.25, -0.2) is 9.97 Å². The predicted molar refractivity (Wildman–Crippen MR) is 99.0 cm³/mol. The van der Waals surface area contributed by atoms with E-state index in [9.17, 15) is 4.79 Å². The van der Waals surface area contributed by atoms with E-state index >= 15 is 0 Å². The molecule has 25 heavy (non-hydrogen) atoms. The molecule has 0 spiro atoms. The lowest BCUT2D eigenvalue weighted by Gasteiger charge is -2.28. The van der Waals surface area contributed by atoms with E-state index in [2.05, 4.69) is 24.8 Å². The minimum atomic E-state index is -0.129. The van der Waals surface area contributed by atoms with Gasteiger partial charge in [0.1, 0.15) is 5.52 Å². The van der Waals surface area contributed by atoms with Crippen LogP contribution in [-0.4, -0.2) is 43.9 Å². The number of benzene rings is 1. The molecule has 1 amide bonds. The quantitative estimate of drug-likeness (QED) is 0.735. The van der Waals surface area contributed by atoms with Gasteiger partial charge in [-0.15, -0.1) is 0 Å². The first-order chi connectivity index (χ1) is 12.2. The molecule has 3 aromatic rings. The van der Waals surface area contributed by atoms with Crippen molar-refractivity contribution in [2.24, 2.45) is 0 Å². The Morgan fingerprint density at radius 2 is 2.12 bits per heavy atom. The molecule has 0 atom stereocenters. The Morgan fingerprint density at radius 1 is 1.32 bits per heavy atom. The van der Waals surface area contributed by atoms with Crippen molar-refractivity contribution in [2.75, 3.05) is 18.9 Å². The lowest BCUT2D eigenvalue weighted by molar-refractivity contribution is 0.0701. The van der Waals surface area contributed by atoms with Gasteiger partial charge in [0.05, 0.1) is 29.0 Å². The fourth-order valence-electron chi connectivity index (χ4n) is 2.90. The highest BCUT2D eigenvalue weighted by molar-refractivity contribution is 6.35. The van der Waals surface area contributed by atoms with Crippen LogP contribution in [0.3, 0.4) is 0 Å². The summed E-state index contributed by atoms with van der Waals surface area (Å²) in [7, 11) is 1.84. The average molecular weight is 361 g/mol. The Balaban J connectivity index is 0.000000880. The van der Waals surface area contributed by atoms with Gasteiger partial charge in [-0.3, -0.25) is 4.79 Å². The first kappa shape index (κ1) is 17.3. The van der Waals surface area contributed by atoms with Crippen molar-refractivity contribution in [3.8, 4) is 0 Å². The smallest absolute Gasteiger partial charge is 0.290 e. The zero-order valence-corrected chi connectivity index (χ0v) is 15.3. The standard InChI is InChI=1S/C15H15ClN6O.C2H6/c1-17-15-18-7-9-8-21(5-6-22(9)15)14(23)13-19-11-4-2-3-10(16)12(11)20-13;1-2/h2-4,7H,5-6,8H2,1H3,(H,17,18)(H,19,20);1-2H3. The maximum absolute atomic E-state index is 12.7. The number of amides is 1. The molecule has 2 N–H and O–H groups in total. The Bertz CT molecular complexity index is 900. The van der Waals surface area contributed by atoms with Crippen molar-refractivity contribution in [3.05, 3.63) is 40.9 Å². The van der Waals surface area contributed by atoms with E-state index < -0.39 is 0 Å². The van der Waals surface area contributed by atoms with Gasteiger partial charge in [0.2, 0.25) is 5.95 Å². The lowest BCUT2D eigenvalue weighted by atomic mass is 10.3. The number of para-hydroxylation sites is 1. The van der Waals surface area contributed by atoms with E-state index in [1.807, 2.05) is 33.0 Å². The molecule has 0 aliphatic carbocycles. The van der Waals surface area contributed by atoms with Crippen LogP contribution in [0.1, 0.15) is 30.2 Å². The molecule has 1 aliphatic heterocycles. The van der Waals surface area contributed by atoms with Crippen LogP contribution in [0.4, 0.5) is 5.95 Å². The SMILES string of the molecule is CC.CNc1ncc2n1CCN(C(=O)c1nc3c(Cl)cccc3[nH]1)C2. The fourth-order valence-corrected chi connectivity index (χ4v) is 3.12. The normalized spacial score (nSPS) is 13.2. The molecular formula is C17H21ClN6O. The number of nitrogens with zero attached hydrogens (tertiary/aromatic N) is 4. The number of carbonyl (C=O) groups is 1. The van der Waals surface area contributed by atoms with Crippen LogP contribution in [0.15, 0.2) is 24.4 Å². The minimum Gasteiger partial charge on any atom is -0.359 e. The molecule has 0 bridgehead atoms. The Kier molecular flexibility index (Phi) is 4.94. The number of halogens is 1. The average Bonchev–Trinajstić information content (AvgIpc) is 3.27. The van der Waals surface area contributed by atoms with Crippen LogP contribution in [0.2, 0.25) is 5.02 Å². The molecule has 8 heteroatoms. The highest BCUT2D eigenvalue weighted by Gasteiger charge is 2.25. The Hall–Kier alpha value is -2.54. The number of nitrogens with one attached hydrogen (secondary N) is 2. The molecule has 4 rings (SSSR count). The second-order valence-electron chi connectivity index (χ2n) is 5.42. The topological polar surface area (TPSA) is 78.8 Å². The molecule has 0 unspecified atom stereocenters. The maximum atomic E-state index is 12.7. The molecule has 1 aromatic carbocycles. The van der Waals surface area contributed by atoms with Crippen molar-refractivity contribution in [1.29, 1.82) is 0 Å². The van der Waals surface area contributed by atoms with Crippen LogP contribution < -0.4 is 5.32 Å². The molecule has 0 saturated carbocycles. The first-order valence-electron chi connectivity index (χ1n) is 8.33. The lowest BCUT2D eigenvalue weighted by Crippen LogP contribution is -2.38. The molecule has 0 radical (unpaired) electrons. The molecule has 0 saturated heterocycles. The summed E-state index contributed by atoms with van der Waals surface area (Å²) in [5.74, 6) is 1.01. The van der Waals surface area contributed by atoms with E-state index in [0.29, 0.717) is 36.0 Å². The number of hydrogen-bond donors (Lipinski definition) is 2. The van der Waals surface area contributed by atoms with E-state index in [4.69, 9.17) is 11.6 Å². The number of aromatic amines is 1. The highest BCUT2D eigenvalue weighted by atomic mass is 35.5. The van der Waals surface area contributed by atoms with Crippen LogP contribution in [0.25, 0.3) is 11.0 Å². The molecule has 1 aliphatic rings. The summed E-state index contributed by atoms with van der Waals surface area (Å²) in [6.45, 7) is 5.83. The van der Waals surface area contributed by atoms with E-state index in [-0.39, 0.29) is 5.91 Å². The van der Waals surface area contributed by atoms with Crippen LogP contribution in [-0.2, 0) is 13.1 Å². The first-order valence-corrected chi connectivity index (χ1v) is 8.71. The number of imidazole rings is 2. The molecule has 7 nitrogen and oxygen atoms in total. The zero-order valence-electron chi connectivity index (χ0n) is 14.5. The number of carbonyl (C=O) groups excluding carboxylic acids is 1. The zero-order chi connectivity index (χ0) is 18.0. The third-order valence-corrected chi connectivity index (χ3v) is 4.37. The number of anilines is 1. The van der Waals surface area contributed by atoms with Crippen molar-refractivity contribution >= 4 is 34.5 Å². The van der Waals surface area contributed by atoms with Crippen LogP contribution in [0.5, 0.6) is 0 Å².